The molecule has 1 rings (SSSR count). The average Bonchev–Trinajstić information content (AvgIpc) is 2.24. The van der Waals surface area contributed by atoms with E-state index in [1.165, 1.54) is 6.07 Å². The predicted octanol–water partition coefficient (Wildman–Crippen LogP) is 2.74. The van der Waals surface area contributed by atoms with E-state index in [4.69, 9.17) is 5.11 Å². The van der Waals surface area contributed by atoms with Gasteiger partial charge >= 0.3 is 5.97 Å². The summed E-state index contributed by atoms with van der Waals surface area (Å²) in [5.41, 5.74) is 0.810. The summed E-state index contributed by atoms with van der Waals surface area (Å²) in [6, 6.07) is 4.84. The third-order valence-corrected chi connectivity index (χ3v) is 3.37. The van der Waals surface area contributed by atoms with Gasteiger partial charge in [-0.1, -0.05) is 19.1 Å². The van der Waals surface area contributed by atoms with Crippen LogP contribution in [0, 0.1) is 11.7 Å². The number of rotatable bonds is 5. The second kappa shape index (κ2) is 6.12. The van der Waals surface area contributed by atoms with Gasteiger partial charge in [-0.2, -0.15) is 0 Å². The minimum atomic E-state index is -0.824. The van der Waals surface area contributed by atoms with Crippen LogP contribution in [0.4, 0.5) is 4.39 Å². The monoisotopic (exact) mass is 303 g/mol. The standard InChI is InChI=1S/C12H15BrFNO2/c1-8(12(16)17)6-15(2)7-9-4-3-5-10(14)11(9)13/h3-5,8H,6-7H2,1-2H3,(H,16,17). The lowest BCUT2D eigenvalue weighted by atomic mass is 10.1. The van der Waals surface area contributed by atoms with Crippen molar-refractivity contribution in [3.63, 3.8) is 0 Å². The quantitative estimate of drug-likeness (QED) is 0.909. The molecule has 0 radical (unpaired) electrons. The van der Waals surface area contributed by atoms with Crippen LogP contribution in [0.5, 0.6) is 0 Å². The Labute approximate surface area is 108 Å². The zero-order valence-corrected chi connectivity index (χ0v) is 11.4. The van der Waals surface area contributed by atoms with E-state index in [0.29, 0.717) is 17.6 Å². The van der Waals surface area contributed by atoms with Crippen molar-refractivity contribution < 1.29 is 14.3 Å². The smallest absolute Gasteiger partial charge is 0.307 e. The van der Waals surface area contributed by atoms with Crippen molar-refractivity contribution in [2.45, 2.75) is 13.5 Å². The number of halogens is 2. The molecule has 94 valence electrons. The van der Waals surface area contributed by atoms with Crippen LogP contribution in [0.2, 0.25) is 0 Å². The van der Waals surface area contributed by atoms with Gasteiger partial charge in [0.25, 0.3) is 0 Å². The molecule has 1 aromatic rings. The van der Waals surface area contributed by atoms with E-state index in [1.807, 2.05) is 18.0 Å². The lowest BCUT2D eigenvalue weighted by molar-refractivity contribution is -0.141. The van der Waals surface area contributed by atoms with E-state index < -0.39 is 11.9 Å². The number of hydrogen-bond acceptors (Lipinski definition) is 2. The van der Waals surface area contributed by atoms with Crippen LogP contribution >= 0.6 is 15.9 Å². The molecule has 17 heavy (non-hydrogen) atoms. The van der Waals surface area contributed by atoms with Crippen molar-refractivity contribution >= 4 is 21.9 Å². The zero-order valence-electron chi connectivity index (χ0n) is 9.78. The number of benzene rings is 1. The third kappa shape index (κ3) is 4.09. The summed E-state index contributed by atoms with van der Waals surface area (Å²) in [5.74, 6) is -1.57. The molecule has 1 N–H and O–H groups in total. The Kier molecular flexibility index (Phi) is 5.08. The summed E-state index contributed by atoms with van der Waals surface area (Å²) < 4.78 is 13.7. The molecule has 0 heterocycles. The Morgan fingerprint density at radius 2 is 2.24 bits per heavy atom. The van der Waals surface area contributed by atoms with Gasteiger partial charge < -0.3 is 10.0 Å². The Bertz CT molecular complexity index is 411. The molecule has 0 aromatic heterocycles. The van der Waals surface area contributed by atoms with E-state index in [9.17, 15) is 9.18 Å². The van der Waals surface area contributed by atoms with Crippen molar-refractivity contribution in [3.8, 4) is 0 Å². The number of hydrogen-bond donors (Lipinski definition) is 1. The molecular formula is C12H15BrFNO2. The number of carboxylic acids is 1. The van der Waals surface area contributed by atoms with Crippen LogP contribution in [-0.4, -0.2) is 29.6 Å². The molecule has 0 aliphatic rings. The van der Waals surface area contributed by atoms with E-state index in [0.717, 1.165) is 5.56 Å². The largest absolute Gasteiger partial charge is 0.481 e. The molecule has 3 nitrogen and oxygen atoms in total. The molecular weight excluding hydrogens is 289 g/mol. The first-order valence-electron chi connectivity index (χ1n) is 5.26. The van der Waals surface area contributed by atoms with Crippen LogP contribution in [-0.2, 0) is 11.3 Å². The predicted molar refractivity (Wildman–Crippen MR) is 67.2 cm³/mol. The van der Waals surface area contributed by atoms with Crippen LogP contribution in [0.15, 0.2) is 22.7 Å². The highest BCUT2D eigenvalue weighted by Crippen LogP contribution is 2.21. The SMILES string of the molecule is CC(CN(C)Cc1cccc(F)c1Br)C(=O)O. The molecule has 0 fully saturated rings. The normalized spacial score (nSPS) is 12.8. The highest BCUT2D eigenvalue weighted by atomic mass is 79.9. The lowest BCUT2D eigenvalue weighted by Crippen LogP contribution is -2.28. The van der Waals surface area contributed by atoms with Crippen molar-refractivity contribution in [2.75, 3.05) is 13.6 Å². The van der Waals surface area contributed by atoms with Crippen LogP contribution in [0.3, 0.4) is 0 Å². The first kappa shape index (κ1) is 14.1. The number of carboxylic acid groups (broad SMARTS) is 1. The molecule has 0 spiro atoms. The fraction of sp³-hybridized carbons (Fsp3) is 0.417. The van der Waals surface area contributed by atoms with E-state index in [2.05, 4.69) is 15.9 Å². The summed E-state index contributed by atoms with van der Waals surface area (Å²) in [7, 11) is 1.82. The van der Waals surface area contributed by atoms with Gasteiger partial charge in [0.15, 0.2) is 0 Å². The van der Waals surface area contributed by atoms with Crippen molar-refractivity contribution in [1.29, 1.82) is 0 Å². The highest BCUT2D eigenvalue weighted by Gasteiger charge is 2.15. The molecule has 1 unspecified atom stereocenters. The van der Waals surface area contributed by atoms with E-state index in [-0.39, 0.29) is 5.82 Å². The van der Waals surface area contributed by atoms with Crippen LogP contribution in [0.1, 0.15) is 12.5 Å². The molecule has 0 aliphatic heterocycles. The molecule has 0 amide bonds. The topological polar surface area (TPSA) is 40.5 Å². The maximum absolute atomic E-state index is 13.3. The Morgan fingerprint density at radius 3 is 2.82 bits per heavy atom. The molecule has 0 aliphatic carbocycles. The molecule has 5 heteroatoms. The molecule has 0 saturated heterocycles. The van der Waals surface area contributed by atoms with Gasteiger partial charge in [0.1, 0.15) is 5.82 Å². The highest BCUT2D eigenvalue weighted by molar-refractivity contribution is 9.10. The minimum Gasteiger partial charge on any atom is -0.481 e. The Morgan fingerprint density at radius 1 is 1.59 bits per heavy atom. The number of nitrogens with zero attached hydrogens (tertiary/aromatic N) is 1. The van der Waals surface area contributed by atoms with Gasteiger partial charge in [-0.3, -0.25) is 4.79 Å². The van der Waals surface area contributed by atoms with E-state index >= 15 is 0 Å². The molecule has 0 bridgehead atoms. The molecule has 0 saturated carbocycles. The van der Waals surface area contributed by atoms with Crippen molar-refractivity contribution in [2.24, 2.45) is 5.92 Å². The van der Waals surface area contributed by atoms with Gasteiger partial charge in [-0.05, 0) is 34.6 Å². The average molecular weight is 304 g/mol. The van der Waals surface area contributed by atoms with Gasteiger partial charge in [-0.15, -0.1) is 0 Å². The Balaban J connectivity index is 2.65. The summed E-state index contributed by atoms with van der Waals surface area (Å²) in [6.45, 7) is 2.59. The molecule has 1 aromatic carbocycles. The lowest BCUT2D eigenvalue weighted by Gasteiger charge is -2.19. The van der Waals surface area contributed by atoms with Crippen molar-refractivity contribution in [1.82, 2.24) is 4.90 Å². The van der Waals surface area contributed by atoms with E-state index in [1.54, 1.807) is 13.0 Å². The van der Waals surface area contributed by atoms with Crippen molar-refractivity contribution in [3.05, 3.63) is 34.1 Å². The maximum atomic E-state index is 13.3. The van der Waals surface area contributed by atoms with Gasteiger partial charge in [-0.25, -0.2) is 4.39 Å². The van der Waals surface area contributed by atoms with Crippen LogP contribution in [0.25, 0.3) is 0 Å². The zero-order chi connectivity index (χ0) is 13.0. The fourth-order valence-electron chi connectivity index (χ4n) is 1.57. The second-order valence-electron chi connectivity index (χ2n) is 4.15. The molecule has 1 atom stereocenters. The van der Waals surface area contributed by atoms with Crippen LogP contribution < -0.4 is 0 Å². The Hall–Kier alpha value is -0.940. The third-order valence-electron chi connectivity index (χ3n) is 2.48. The summed E-state index contributed by atoms with van der Waals surface area (Å²) in [6.07, 6.45) is 0. The van der Waals surface area contributed by atoms with Gasteiger partial charge in [0, 0.05) is 13.1 Å². The maximum Gasteiger partial charge on any atom is 0.307 e. The summed E-state index contributed by atoms with van der Waals surface area (Å²) in [5, 5.41) is 8.80. The number of aliphatic carboxylic acids is 1. The number of carbonyl (C=O) groups is 1. The van der Waals surface area contributed by atoms with Gasteiger partial charge in [0.05, 0.1) is 10.4 Å². The first-order valence-corrected chi connectivity index (χ1v) is 6.05. The van der Waals surface area contributed by atoms with Gasteiger partial charge in [0.2, 0.25) is 0 Å². The second-order valence-corrected chi connectivity index (χ2v) is 4.94. The fourth-order valence-corrected chi connectivity index (χ4v) is 1.96. The minimum absolute atomic E-state index is 0.304. The first-order chi connectivity index (χ1) is 7.91. The summed E-state index contributed by atoms with van der Waals surface area (Å²) >= 11 is 3.19. The summed E-state index contributed by atoms with van der Waals surface area (Å²) in [4.78, 5) is 12.6.